The van der Waals surface area contributed by atoms with Crippen LogP contribution >= 0.6 is 0 Å². The highest BCUT2D eigenvalue weighted by Gasteiger charge is 2.06. The van der Waals surface area contributed by atoms with Gasteiger partial charge in [-0.15, -0.1) is 0 Å². The number of aromatic nitrogens is 1. The lowest BCUT2D eigenvalue weighted by molar-refractivity contribution is 0.465. The zero-order valence-electron chi connectivity index (χ0n) is 6.87. The third-order valence-electron chi connectivity index (χ3n) is 1.72. The van der Waals surface area contributed by atoms with Crippen molar-refractivity contribution in [2.45, 2.75) is 6.92 Å². The summed E-state index contributed by atoms with van der Waals surface area (Å²) >= 11 is 0. The summed E-state index contributed by atoms with van der Waals surface area (Å²) in [7, 11) is 0. The lowest BCUT2D eigenvalue weighted by Gasteiger charge is -1.96. The zero-order valence-corrected chi connectivity index (χ0v) is 6.87. The minimum Gasteiger partial charge on any atom is -0.408 e. The van der Waals surface area contributed by atoms with E-state index >= 15 is 0 Å². The van der Waals surface area contributed by atoms with Gasteiger partial charge < -0.3 is 4.42 Å². The molecule has 66 valence electrons. The van der Waals surface area contributed by atoms with Crippen LogP contribution in [-0.4, -0.2) is 4.98 Å². The predicted octanol–water partition coefficient (Wildman–Crippen LogP) is 1.64. The first-order valence-electron chi connectivity index (χ1n) is 3.74. The minimum absolute atomic E-state index is 0.0660. The summed E-state index contributed by atoms with van der Waals surface area (Å²) in [6.07, 6.45) is 0. The van der Waals surface area contributed by atoms with Crippen molar-refractivity contribution in [3.8, 4) is 0 Å². The smallest absolute Gasteiger partial charge is 0.346 e. The second-order valence-corrected chi connectivity index (χ2v) is 2.66. The van der Waals surface area contributed by atoms with E-state index in [1.165, 1.54) is 25.1 Å². The van der Waals surface area contributed by atoms with Crippen LogP contribution in [0.3, 0.4) is 0 Å². The van der Waals surface area contributed by atoms with E-state index < -0.39 is 11.4 Å². The van der Waals surface area contributed by atoms with Gasteiger partial charge in [0.2, 0.25) is 0 Å². The molecule has 0 aliphatic rings. The first-order valence-corrected chi connectivity index (χ1v) is 3.74. The summed E-state index contributed by atoms with van der Waals surface area (Å²) < 4.78 is 17.8. The van der Waals surface area contributed by atoms with Gasteiger partial charge >= 0.3 is 5.63 Å². The molecule has 0 amide bonds. The maximum absolute atomic E-state index is 13.1. The van der Waals surface area contributed by atoms with E-state index in [1.54, 1.807) is 0 Å². The second-order valence-electron chi connectivity index (χ2n) is 2.66. The molecular formula is C9H6FNO2. The molecule has 0 radical (unpaired) electrons. The average molecular weight is 179 g/mol. The van der Waals surface area contributed by atoms with Crippen molar-refractivity contribution in [1.29, 1.82) is 0 Å². The van der Waals surface area contributed by atoms with Gasteiger partial charge in [-0.3, -0.25) is 0 Å². The van der Waals surface area contributed by atoms with Gasteiger partial charge in [0.05, 0.1) is 5.39 Å². The highest BCUT2D eigenvalue weighted by Crippen LogP contribution is 2.11. The van der Waals surface area contributed by atoms with Crippen molar-refractivity contribution in [3.05, 3.63) is 40.3 Å². The Morgan fingerprint density at radius 1 is 1.46 bits per heavy atom. The normalized spacial score (nSPS) is 10.6. The van der Waals surface area contributed by atoms with Gasteiger partial charge in [0.15, 0.2) is 5.89 Å². The molecular weight excluding hydrogens is 173 g/mol. The van der Waals surface area contributed by atoms with Crippen molar-refractivity contribution in [2.75, 3.05) is 0 Å². The van der Waals surface area contributed by atoms with E-state index in [0.717, 1.165) is 0 Å². The summed E-state index contributed by atoms with van der Waals surface area (Å²) in [5.74, 6) is -0.337. The summed E-state index contributed by atoms with van der Waals surface area (Å²) in [6, 6.07) is 4.19. The molecule has 0 atom stereocenters. The molecule has 0 saturated carbocycles. The first kappa shape index (κ1) is 7.91. The molecule has 0 bridgehead atoms. The molecule has 1 aromatic heterocycles. The summed E-state index contributed by atoms with van der Waals surface area (Å²) in [5, 5.41) is 0.172. The molecule has 0 N–H and O–H groups in total. The van der Waals surface area contributed by atoms with Gasteiger partial charge in [0, 0.05) is 6.92 Å². The van der Waals surface area contributed by atoms with Crippen molar-refractivity contribution in [3.63, 3.8) is 0 Å². The van der Waals surface area contributed by atoms with Gasteiger partial charge in [-0.05, 0) is 12.1 Å². The van der Waals surface area contributed by atoms with E-state index in [4.69, 9.17) is 4.42 Å². The van der Waals surface area contributed by atoms with E-state index in [-0.39, 0.29) is 16.8 Å². The zero-order chi connectivity index (χ0) is 9.42. The number of nitrogens with zero attached hydrogens (tertiary/aromatic N) is 1. The Labute approximate surface area is 72.8 Å². The van der Waals surface area contributed by atoms with Crippen molar-refractivity contribution >= 4 is 10.9 Å². The van der Waals surface area contributed by atoms with Crippen LogP contribution in [0, 0.1) is 12.7 Å². The van der Waals surface area contributed by atoms with Crippen LogP contribution in [0.5, 0.6) is 0 Å². The third kappa shape index (κ3) is 1.20. The van der Waals surface area contributed by atoms with E-state index in [9.17, 15) is 9.18 Å². The molecule has 0 spiro atoms. The second kappa shape index (κ2) is 2.65. The molecule has 0 aliphatic carbocycles. The lowest BCUT2D eigenvalue weighted by atomic mass is 10.2. The lowest BCUT2D eigenvalue weighted by Crippen LogP contribution is -2.03. The number of benzene rings is 1. The number of para-hydroxylation sites is 1. The molecule has 0 aliphatic heterocycles. The first-order chi connectivity index (χ1) is 6.18. The Morgan fingerprint density at radius 2 is 2.23 bits per heavy atom. The van der Waals surface area contributed by atoms with Gasteiger partial charge in [-0.2, -0.15) is 0 Å². The fourth-order valence-electron chi connectivity index (χ4n) is 1.16. The summed E-state index contributed by atoms with van der Waals surface area (Å²) in [5.41, 5.74) is -0.488. The molecule has 2 rings (SSSR count). The SMILES string of the molecule is Cc1nc2c(F)cccc2c(=O)o1. The molecule has 1 heterocycles. The van der Waals surface area contributed by atoms with Gasteiger partial charge in [0.25, 0.3) is 0 Å². The Hall–Kier alpha value is -1.71. The number of halogens is 1. The standard InChI is InChI=1S/C9H6FNO2/c1-5-11-8-6(9(12)13-5)3-2-4-7(8)10/h2-4H,1H3. The summed E-state index contributed by atoms with van der Waals surface area (Å²) in [6.45, 7) is 1.51. The Bertz CT molecular complexity index is 518. The number of aryl methyl sites for hydroxylation is 1. The molecule has 2 aromatic rings. The monoisotopic (exact) mass is 179 g/mol. The highest BCUT2D eigenvalue weighted by molar-refractivity contribution is 5.77. The van der Waals surface area contributed by atoms with Crippen LogP contribution in [0.2, 0.25) is 0 Å². The molecule has 1 aromatic carbocycles. The largest absolute Gasteiger partial charge is 0.408 e. The van der Waals surface area contributed by atoms with Crippen molar-refractivity contribution in [1.82, 2.24) is 4.98 Å². The minimum atomic E-state index is -0.554. The van der Waals surface area contributed by atoms with Gasteiger partial charge in [-0.1, -0.05) is 6.07 Å². The summed E-state index contributed by atoms with van der Waals surface area (Å²) in [4.78, 5) is 15.0. The highest BCUT2D eigenvalue weighted by atomic mass is 19.1. The number of hydrogen-bond acceptors (Lipinski definition) is 3. The van der Waals surface area contributed by atoms with Crippen LogP contribution in [-0.2, 0) is 0 Å². The van der Waals surface area contributed by atoms with Crippen LogP contribution < -0.4 is 5.63 Å². The average Bonchev–Trinajstić information content (AvgIpc) is 2.07. The molecule has 0 saturated heterocycles. The van der Waals surface area contributed by atoms with Gasteiger partial charge in [-0.25, -0.2) is 14.2 Å². The topological polar surface area (TPSA) is 43.1 Å². The molecule has 0 unspecified atom stereocenters. The molecule has 13 heavy (non-hydrogen) atoms. The van der Waals surface area contributed by atoms with Crippen molar-refractivity contribution in [2.24, 2.45) is 0 Å². The Balaban J connectivity index is 3.03. The van der Waals surface area contributed by atoms with E-state index in [2.05, 4.69) is 4.98 Å². The van der Waals surface area contributed by atoms with Crippen molar-refractivity contribution < 1.29 is 8.81 Å². The van der Waals surface area contributed by atoms with Crippen LogP contribution in [0.15, 0.2) is 27.4 Å². The predicted molar refractivity (Wildman–Crippen MR) is 45.0 cm³/mol. The maximum atomic E-state index is 13.1. The molecule has 0 fully saturated rings. The van der Waals surface area contributed by atoms with Crippen LogP contribution in [0.25, 0.3) is 10.9 Å². The van der Waals surface area contributed by atoms with E-state index in [1.807, 2.05) is 0 Å². The van der Waals surface area contributed by atoms with E-state index in [0.29, 0.717) is 0 Å². The third-order valence-corrected chi connectivity index (χ3v) is 1.72. The number of rotatable bonds is 0. The number of hydrogen-bond donors (Lipinski definition) is 0. The quantitative estimate of drug-likeness (QED) is 0.617. The Morgan fingerprint density at radius 3 is 3.00 bits per heavy atom. The van der Waals surface area contributed by atoms with Gasteiger partial charge in [0.1, 0.15) is 11.3 Å². The molecule has 3 nitrogen and oxygen atoms in total. The van der Waals surface area contributed by atoms with Crippen LogP contribution in [0.1, 0.15) is 5.89 Å². The fourth-order valence-corrected chi connectivity index (χ4v) is 1.16. The fraction of sp³-hybridized carbons (Fsp3) is 0.111. The van der Waals surface area contributed by atoms with Crippen LogP contribution in [0.4, 0.5) is 4.39 Å². The molecule has 4 heteroatoms. The maximum Gasteiger partial charge on any atom is 0.346 e. The Kier molecular flexibility index (Phi) is 1.62. The number of fused-ring (bicyclic) bond motifs is 1.